The lowest BCUT2D eigenvalue weighted by molar-refractivity contribution is -0.383. The summed E-state index contributed by atoms with van der Waals surface area (Å²) < 4.78 is 40.7. The average molecular weight is 521 g/mol. The highest BCUT2D eigenvalue weighted by atomic mass is 32.1. The van der Waals surface area contributed by atoms with E-state index in [0.717, 1.165) is 49.1 Å². The number of aromatic nitrogens is 1. The molecule has 1 fully saturated rings. The summed E-state index contributed by atoms with van der Waals surface area (Å²) in [6.45, 7) is 4.11. The predicted octanol–water partition coefficient (Wildman–Crippen LogP) is 4.33. The van der Waals surface area contributed by atoms with Gasteiger partial charge in [0.1, 0.15) is 10.6 Å². The molecule has 0 unspecified atom stereocenters. The van der Waals surface area contributed by atoms with E-state index in [1.165, 1.54) is 24.3 Å². The maximum absolute atomic E-state index is 13.6. The van der Waals surface area contributed by atoms with Gasteiger partial charge in [-0.1, -0.05) is 35.6 Å². The van der Waals surface area contributed by atoms with Gasteiger partial charge in [0.25, 0.3) is 11.6 Å². The van der Waals surface area contributed by atoms with E-state index in [1.54, 1.807) is 12.1 Å². The van der Waals surface area contributed by atoms with Gasteiger partial charge in [-0.15, -0.1) is 0 Å². The zero-order valence-corrected chi connectivity index (χ0v) is 20.0. The molecule has 2 aromatic carbocycles. The number of likely N-dealkylation sites (N-methyl/N-ethyl adjacent to an activating group) is 1. The van der Waals surface area contributed by atoms with Crippen molar-refractivity contribution in [3.63, 3.8) is 0 Å². The highest BCUT2D eigenvalue weighted by Crippen LogP contribution is 2.41. The Labute approximate surface area is 208 Å². The number of nitrogens with zero attached hydrogens (tertiary/aromatic N) is 4. The Morgan fingerprint density at radius 1 is 1.19 bits per heavy atom. The van der Waals surface area contributed by atoms with Gasteiger partial charge in [0.15, 0.2) is 5.13 Å². The van der Waals surface area contributed by atoms with Crippen LogP contribution in [-0.2, 0) is 12.7 Å². The van der Waals surface area contributed by atoms with Crippen LogP contribution in [0.2, 0.25) is 0 Å². The van der Waals surface area contributed by atoms with Crippen molar-refractivity contribution >= 4 is 33.8 Å². The summed E-state index contributed by atoms with van der Waals surface area (Å²) in [5.74, 6) is -0.953. The predicted molar refractivity (Wildman–Crippen MR) is 130 cm³/mol. The summed E-state index contributed by atoms with van der Waals surface area (Å²) in [6, 6.07) is 9.38. The molecule has 2 heterocycles. The van der Waals surface area contributed by atoms with Crippen LogP contribution < -0.4 is 11.1 Å². The van der Waals surface area contributed by atoms with E-state index in [4.69, 9.17) is 5.73 Å². The van der Waals surface area contributed by atoms with Crippen LogP contribution in [-0.4, -0.2) is 58.8 Å². The highest BCUT2D eigenvalue weighted by Gasteiger charge is 2.35. The van der Waals surface area contributed by atoms with Gasteiger partial charge in [-0.05, 0) is 24.7 Å². The fourth-order valence-corrected chi connectivity index (χ4v) is 4.82. The number of thiazole rings is 1. The first kappa shape index (κ1) is 25.5. The van der Waals surface area contributed by atoms with Crippen LogP contribution in [0.1, 0.15) is 20.8 Å². The number of primary amides is 1. The van der Waals surface area contributed by atoms with E-state index < -0.39 is 22.6 Å². The second-order valence-electron chi connectivity index (χ2n) is 8.42. The average Bonchev–Trinajstić information content (AvgIpc) is 3.24. The molecule has 3 aromatic rings. The standard InChI is InChI=1S/C23H23F3N6O3S/c1-30-8-10-31(11-9-30)13-14-6-7-18(32(34)35)17(12-14)28-22-29-19(20(36-22)21(27)33)15-4-2-3-5-16(15)23(24,25)26/h2-7,12H,8-11,13H2,1H3,(H2,27,33)(H,28,29). The molecule has 190 valence electrons. The number of nitro groups is 1. The maximum atomic E-state index is 13.6. The highest BCUT2D eigenvalue weighted by molar-refractivity contribution is 7.18. The number of carbonyl (C=O) groups is 1. The number of nitro benzene ring substituents is 1. The van der Waals surface area contributed by atoms with Crippen LogP contribution in [0, 0.1) is 10.1 Å². The van der Waals surface area contributed by atoms with Crippen LogP contribution in [0.5, 0.6) is 0 Å². The Morgan fingerprint density at radius 3 is 2.53 bits per heavy atom. The summed E-state index contributed by atoms with van der Waals surface area (Å²) >= 11 is 0.736. The normalized spacial score (nSPS) is 15.1. The number of hydrogen-bond acceptors (Lipinski definition) is 8. The molecule has 13 heteroatoms. The van der Waals surface area contributed by atoms with Gasteiger partial charge >= 0.3 is 6.18 Å². The van der Waals surface area contributed by atoms with E-state index in [0.29, 0.717) is 6.54 Å². The zero-order valence-electron chi connectivity index (χ0n) is 19.2. The van der Waals surface area contributed by atoms with Gasteiger partial charge in [-0.2, -0.15) is 13.2 Å². The molecule has 4 rings (SSSR count). The van der Waals surface area contributed by atoms with Crippen molar-refractivity contribution in [2.75, 3.05) is 38.5 Å². The maximum Gasteiger partial charge on any atom is 0.417 e. The molecule has 0 aliphatic carbocycles. The first-order valence-electron chi connectivity index (χ1n) is 11.0. The number of nitrogens with one attached hydrogen (secondary N) is 1. The molecule has 1 aliphatic heterocycles. The van der Waals surface area contributed by atoms with Crippen molar-refractivity contribution in [1.29, 1.82) is 0 Å². The van der Waals surface area contributed by atoms with E-state index in [2.05, 4.69) is 20.1 Å². The Balaban J connectivity index is 1.69. The number of nitrogens with two attached hydrogens (primary N) is 1. The lowest BCUT2D eigenvalue weighted by Crippen LogP contribution is -2.43. The van der Waals surface area contributed by atoms with Crippen molar-refractivity contribution in [3.05, 3.63) is 68.6 Å². The van der Waals surface area contributed by atoms with Crippen molar-refractivity contribution in [2.45, 2.75) is 12.7 Å². The van der Waals surface area contributed by atoms with Crippen LogP contribution in [0.25, 0.3) is 11.3 Å². The van der Waals surface area contributed by atoms with Gasteiger partial charge in [-0.25, -0.2) is 4.98 Å². The lowest BCUT2D eigenvalue weighted by atomic mass is 10.0. The van der Waals surface area contributed by atoms with Gasteiger partial charge < -0.3 is 16.0 Å². The van der Waals surface area contributed by atoms with E-state index in [-0.39, 0.29) is 32.6 Å². The molecule has 1 amide bonds. The van der Waals surface area contributed by atoms with Gasteiger partial charge in [-0.3, -0.25) is 19.8 Å². The Kier molecular flexibility index (Phi) is 7.24. The molecular weight excluding hydrogens is 497 g/mol. The Hall–Kier alpha value is -3.55. The lowest BCUT2D eigenvalue weighted by Gasteiger charge is -2.32. The molecule has 1 aromatic heterocycles. The minimum Gasteiger partial charge on any atom is -0.365 e. The van der Waals surface area contributed by atoms with Gasteiger partial charge in [0.05, 0.1) is 16.2 Å². The SMILES string of the molecule is CN1CCN(Cc2ccc([N+](=O)[O-])c(Nc3nc(-c4ccccc4C(F)(F)F)c(C(N)=O)s3)c2)CC1. The fourth-order valence-electron chi connectivity index (χ4n) is 3.98. The second-order valence-corrected chi connectivity index (χ2v) is 9.42. The molecule has 9 nitrogen and oxygen atoms in total. The number of carbonyl (C=O) groups excluding carboxylic acids is 1. The first-order chi connectivity index (χ1) is 17.0. The third-order valence-electron chi connectivity index (χ3n) is 5.84. The summed E-state index contributed by atoms with van der Waals surface area (Å²) in [7, 11) is 2.04. The first-order valence-corrected chi connectivity index (χ1v) is 11.8. The minimum absolute atomic E-state index is 0.00984. The monoisotopic (exact) mass is 520 g/mol. The van der Waals surface area contributed by atoms with Gasteiger partial charge in [0, 0.05) is 44.4 Å². The largest absolute Gasteiger partial charge is 0.417 e. The molecule has 0 atom stereocenters. The van der Waals surface area contributed by atoms with Crippen LogP contribution in [0.15, 0.2) is 42.5 Å². The number of amides is 1. The summed E-state index contributed by atoms with van der Waals surface area (Å²) in [4.78, 5) is 31.6. The molecule has 1 aliphatic rings. The molecule has 1 saturated heterocycles. The van der Waals surface area contributed by atoms with Crippen LogP contribution in [0.4, 0.5) is 29.7 Å². The van der Waals surface area contributed by atoms with E-state index in [9.17, 15) is 28.1 Å². The molecule has 36 heavy (non-hydrogen) atoms. The number of alkyl halides is 3. The number of hydrogen-bond donors (Lipinski definition) is 2. The molecule has 0 saturated carbocycles. The molecule has 0 bridgehead atoms. The number of rotatable bonds is 7. The quantitative estimate of drug-likeness (QED) is 0.352. The second kappa shape index (κ2) is 10.2. The minimum atomic E-state index is -4.68. The van der Waals surface area contributed by atoms with E-state index >= 15 is 0 Å². The van der Waals surface area contributed by atoms with Gasteiger partial charge in [0.2, 0.25) is 0 Å². The van der Waals surface area contributed by atoms with Crippen LogP contribution >= 0.6 is 11.3 Å². The number of benzene rings is 2. The third kappa shape index (κ3) is 5.64. The molecule has 0 radical (unpaired) electrons. The Morgan fingerprint density at radius 2 is 1.89 bits per heavy atom. The number of halogens is 3. The van der Waals surface area contributed by atoms with Crippen molar-refractivity contribution in [1.82, 2.24) is 14.8 Å². The summed E-state index contributed by atoms with van der Waals surface area (Å²) in [6.07, 6.45) is -4.68. The molecule has 0 spiro atoms. The topological polar surface area (TPSA) is 118 Å². The smallest absolute Gasteiger partial charge is 0.365 e. The third-order valence-corrected chi connectivity index (χ3v) is 6.83. The fraction of sp³-hybridized carbons (Fsp3) is 0.304. The van der Waals surface area contributed by atoms with E-state index in [1.807, 2.05) is 7.05 Å². The van der Waals surface area contributed by atoms with Crippen molar-refractivity contribution in [3.8, 4) is 11.3 Å². The Bertz CT molecular complexity index is 1290. The van der Waals surface area contributed by atoms with Crippen molar-refractivity contribution < 1.29 is 22.9 Å². The summed E-state index contributed by atoms with van der Waals surface area (Å²) in [5, 5.41) is 14.5. The molecular formula is C23H23F3N6O3S. The zero-order chi connectivity index (χ0) is 26.0. The van der Waals surface area contributed by atoms with Crippen molar-refractivity contribution in [2.24, 2.45) is 5.73 Å². The van der Waals surface area contributed by atoms with Crippen LogP contribution in [0.3, 0.4) is 0 Å². The molecule has 3 N–H and O–H groups in total. The number of anilines is 2. The summed E-state index contributed by atoms with van der Waals surface area (Å²) in [5.41, 5.74) is 4.64. The number of piperazine rings is 1.